The number of rotatable bonds is 9. The summed E-state index contributed by atoms with van der Waals surface area (Å²) in [7, 11) is 1.79. The minimum atomic E-state index is 0.674. The highest BCUT2D eigenvalue weighted by Crippen LogP contribution is 2.14. The number of aryl methyl sites for hydroxylation is 1. The average molecular weight is 355 g/mol. The van der Waals surface area contributed by atoms with Crippen LogP contribution in [0.2, 0.25) is 0 Å². The standard InChI is InChI=1S/C17H30N4O2S/c1-3-15-11-20-16(24-15)12-21-17(18-2)19-7-4-8-23-13-14-5-9-22-10-6-14/h11,14H,3-10,12-13H2,1-2H3,(H2,18,19,21). The molecule has 1 aromatic heterocycles. The largest absolute Gasteiger partial charge is 0.381 e. The third kappa shape index (κ3) is 7.15. The molecule has 0 aromatic carbocycles. The number of ether oxygens (including phenoxy) is 2. The van der Waals surface area contributed by atoms with Crippen LogP contribution in [0, 0.1) is 5.92 Å². The summed E-state index contributed by atoms with van der Waals surface area (Å²) in [6.45, 7) is 7.13. The van der Waals surface area contributed by atoms with Crippen LogP contribution in [-0.4, -0.2) is 51.0 Å². The second-order valence-corrected chi connectivity index (χ2v) is 7.11. The van der Waals surface area contributed by atoms with Crippen molar-refractivity contribution in [2.24, 2.45) is 10.9 Å². The van der Waals surface area contributed by atoms with Gasteiger partial charge in [0.15, 0.2) is 5.96 Å². The summed E-state index contributed by atoms with van der Waals surface area (Å²) in [5, 5.41) is 7.70. The molecule has 1 aliphatic heterocycles. The molecule has 2 rings (SSSR count). The van der Waals surface area contributed by atoms with Gasteiger partial charge in [-0.2, -0.15) is 0 Å². The molecule has 1 saturated heterocycles. The summed E-state index contributed by atoms with van der Waals surface area (Å²) in [4.78, 5) is 9.96. The van der Waals surface area contributed by atoms with Crippen molar-refractivity contribution >= 4 is 17.3 Å². The number of nitrogens with one attached hydrogen (secondary N) is 2. The summed E-state index contributed by atoms with van der Waals surface area (Å²) < 4.78 is 11.1. The zero-order chi connectivity index (χ0) is 17.0. The predicted molar refractivity (Wildman–Crippen MR) is 98.7 cm³/mol. The third-order valence-corrected chi connectivity index (χ3v) is 5.17. The van der Waals surface area contributed by atoms with Crippen LogP contribution >= 0.6 is 11.3 Å². The number of nitrogens with zero attached hydrogens (tertiary/aromatic N) is 2. The molecule has 0 amide bonds. The highest BCUT2D eigenvalue weighted by molar-refractivity contribution is 7.11. The number of guanidine groups is 1. The lowest BCUT2D eigenvalue weighted by molar-refractivity contribution is 0.0203. The van der Waals surface area contributed by atoms with Gasteiger partial charge in [-0.05, 0) is 31.6 Å². The van der Waals surface area contributed by atoms with E-state index in [0.29, 0.717) is 12.5 Å². The van der Waals surface area contributed by atoms with Gasteiger partial charge in [0.25, 0.3) is 0 Å². The Balaban J connectivity index is 1.51. The zero-order valence-corrected chi connectivity index (χ0v) is 15.7. The Kier molecular flexibility index (Phi) is 9.09. The van der Waals surface area contributed by atoms with Crippen molar-refractivity contribution in [3.63, 3.8) is 0 Å². The Hall–Kier alpha value is -1.18. The maximum absolute atomic E-state index is 5.77. The Morgan fingerprint density at radius 2 is 2.25 bits per heavy atom. The Bertz CT molecular complexity index is 487. The van der Waals surface area contributed by atoms with E-state index >= 15 is 0 Å². The summed E-state index contributed by atoms with van der Waals surface area (Å²) in [5.41, 5.74) is 0. The van der Waals surface area contributed by atoms with Gasteiger partial charge in [-0.1, -0.05) is 6.92 Å². The van der Waals surface area contributed by atoms with Crippen molar-refractivity contribution in [3.8, 4) is 0 Å². The summed E-state index contributed by atoms with van der Waals surface area (Å²) in [5.74, 6) is 1.49. The van der Waals surface area contributed by atoms with Gasteiger partial charge in [-0.25, -0.2) is 4.98 Å². The van der Waals surface area contributed by atoms with Crippen LogP contribution in [0.1, 0.15) is 36.1 Å². The molecule has 0 unspecified atom stereocenters. The third-order valence-electron chi connectivity index (χ3n) is 4.03. The van der Waals surface area contributed by atoms with Crippen LogP contribution in [0.3, 0.4) is 0 Å². The molecule has 0 bridgehead atoms. The van der Waals surface area contributed by atoms with E-state index in [-0.39, 0.29) is 0 Å². The van der Waals surface area contributed by atoms with E-state index in [1.54, 1.807) is 18.4 Å². The van der Waals surface area contributed by atoms with E-state index in [9.17, 15) is 0 Å². The quantitative estimate of drug-likeness (QED) is 0.404. The lowest BCUT2D eigenvalue weighted by atomic mass is 10.0. The first-order valence-corrected chi connectivity index (χ1v) is 9.67. The molecule has 24 heavy (non-hydrogen) atoms. The molecule has 1 fully saturated rings. The summed E-state index contributed by atoms with van der Waals surface area (Å²) in [6.07, 6.45) is 6.23. The number of thiazole rings is 1. The first kappa shape index (κ1) is 19.1. The first-order chi connectivity index (χ1) is 11.8. The number of hydrogen-bond acceptors (Lipinski definition) is 5. The van der Waals surface area contributed by atoms with Gasteiger partial charge in [0.2, 0.25) is 0 Å². The van der Waals surface area contributed by atoms with Crippen LogP contribution in [0.4, 0.5) is 0 Å². The fourth-order valence-electron chi connectivity index (χ4n) is 2.52. The molecule has 6 nitrogen and oxygen atoms in total. The van der Waals surface area contributed by atoms with Crippen molar-refractivity contribution in [2.45, 2.75) is 39.2 Å². The maximum Gasteiger partial charge on any atom is 0.191 e. The van der Waals surface area contributed by atoms with E-state index in [4.69, 9.17) is 9.47 Å². The Morgan fingerprint density at radius 3 is 2.96 bits per heavy atom. The van der Waals surface area contributed by atoms with Crippen molar-refractivity contribution in [1.82, 2.24) is 15.6 Å². The van der Waals surface area contributed by atoms with Gasteiger partial charge in [0.05, 0.1) is 6.54 Å². The molecule has 0 saturated carbocycles. The van der Waals surface area contributed by atoms with E-state index < -0.39 is 0 Å². The molecule has 2 heterocycles. The average Bonchev–Trinajstić information content (AvgIpc) is 3.09. The first-order valence-electron chi connectivity index (χ1n) is 8.85. The minimum Gasteiger partial charge on any atom is -0.381 e. The van der Waals surface area contributed by atoms with Crippen LogP contribution in [0.25, 0.3) is 0 Å². The zero-order valence-electron chi connectivity index (χ0n) is 14.8. The molecule has 7 heteroatoms. The molecule has 136 valence electrons. The highest BCUT2D eigenvalue weighted by atomic mass is 32.1. The molecule has 1 aliphatic rings. The molecule has 0 radical (unpaired) electrons. The van der Waals surface area contributed by atoms with Gasteiger partial charge < -0.3 is 20.1 Å². The second-order valence-electron chi connectivity index (χ2n) is 5.91. The van der Waals surface area contributed by atoms with Crippen molar-refractivity contribution in [3.05, 3.63) is 16.1 Å². The SMILES string of the molecule is CCc1cnc(CNC(=NC)NCCCOCC2CCOCC2)s1. The molecule has 0 aliphatic carbocycles. The Labute approximate surface area is 149 Å². The van der Waals surface area contributed by atoms with Gasteiger partial charge in [0.1, 0.15) is 5.01 Å². The predicted octanol–water partition coefficient (Wildman–Crippen LogP) is 2.20. The van der Waals surface area contributed by atoms with E-state index in [2.05, 4.69) is 27.5 Å². The fourth-order valence-corrected chi connectivity index (χ4v) is 3.32. The second kappa shape index (κ2) is 11.4. The maximum atomic E-state index is 5.77. The van der Waals surface area contributed by atoms with Crippen LogP contribution < -0.4 is 10.6 Å². The van der Waals surface area contributed by atoms with Crippen LogP contribution in [0.5, 0.6) is 0 Å². The van der Waals surface area contributed by atoms with E-state index in [1.807, 2.05) is 6.20 Å². The monoisotopic (exact) mass is 354 g/mol. The van der Waals surface area contributed by atoms with Crippen molar-refractivity contribution in [1.29, 1.82) is 0 Å². The molecule has 2 N–H and O–H groups in total. The summed E-state index contributed by atoms with van der Waals surface area (Å²) >= 11 is 1.75. The fraction of sp³-hybridized carbons (Fsp3) is 0.765. The molecule has 0 spiro atoms. The van der Waals surface area contributed by atoms with Gasteiger partial charge in [-0.15, -0.1) is 11.3 Å². The smallest absolute Gasteiger partial charge is 0.191 e. The topological polar surface area (TPSA) is 67.8 Å². The molecule has 1 aromatic rings. The van der Waals surface area contributed by atoms with Crippen LogP contribution in [0.15, 0.2) is 11.2 Å². The molecule has 0 atom stereocenters. The van der Waals surface area contributed by atoms with Crippen LogP contribution in [-0.2, 0) is 22.4 Å². The van der Waals surface area contributed by atoms with Gasteiger partial charge in [0, 0.05) is 51.1 Å². The highest BCUT2D eigenvalue weighted by Gasteiger charge is 2.13. The summed E-state index contributed by atoms with van der Waals surface area (Å²) in [6, 6.07) is 0. The lowest BCUT2D eigenvalue weighted by Gasteiger charge is -2.21. The normalized spacial score (nSPS) is 16.3. The van der Waals surface area contributed by atoms with Gasteiger partial charge >= 0.3 is 0 Å². The number of aromatic nitrogens is 1. The van der Waals surface area contributed by atoms with E-state index in [1.165, 1.54) is 4.88 Å². The van der Waals surface area contributed by atoms with Crippen molar-refractivity contribution < 1.29 is 9.47 Å². The minimum absolute atomic E-state index is 0.674. The Morgan fingerprint density at radius 1 is 1.42 bits per heavy atom. The number of aliphatic imine (C=N–C) groups is 1. The molecular weight excluding hydrogens is 324 g/mol. The molecular formula is C17H30N4O2S. The lowest BCUT2D eigenvalue weighted by Crippen LogP contribution is -2.37. The number of hydrogen-bond donors (Lipinski definition) is 2. The van der Waals surface area contributed by atoms with Gasteiger partial charge in [-0.3, -0.25) is 4.99 Å². The van der Waals surface area contributed by atoms with E-state index in [0.717, 1.165) is 69.6 Å². The van der Waals surface area contributed by atoms with Crippen molar-refractivity contribution in [2.75, 3.05) is 40.0 Å².